The number of rotatable bonds is 5. The Bertz CT molecular complexity index is 174. The first-order valence-corrected chi connectivity index (χ1v) is 4.60. The van der Waals surface area contributed by atoms with E-state index in [1.165, 1.54) is 0 Å². The second kappa shape index (κ2) is 10.1. The molecule has 0 aromatic rings. The Morgan fingerprint density at radius 3 is 2.15 bits per heavy atom. The zero-order valence-electron chi connectivity index (χ0n) is 7.67. The molecule has 6 nitrogen and oxygen atoms in total. The average molecular weight is 227 g/mol. The Hall–Kier alpha value is 1.58. The molecule has 9 heteroatoms. The number of carbonyl (C=O) groups excluding carboxylic acids is 1. The normalized spacial score (nSPS) is 9.46. The van der Waals surface area contributed by atoms with Gasteiger partial charge < -0.3 is 14.4 Å². The van der Waals surface area contributed by atoms with Crippen LogP contribution in [0.4, 0.5) is 0 Å². The van der Waals surface area contributed by atoms with E-state index in [1.807, 2.05) is 0 Å². The molecule has 0 heterocycles. The van der Waals surface area contributed by atoms with E-state index >= 15 is 0 Å². The molecule has 1 amide bonds. The third-order valence-corrected chi connectivity index (χ3v) is 1.80. The Balaban J connectivity index is -0.000000500. The quantitative estimate of drug-likeness (QED) is 0.165. The van der Waals surface area contributed by atoms with Crippen molar-refractivity contribution in [2.45, 2.75) is 6.42 Å². The second-order valence-electron chi connectivity index (χ2n) is 1.96. The largest absolute Gasteiger partial charge is 1.00 e. The standard InChI is InChI=1S/C4H10NO5P.2Na/c6-4-5(7)2-1-3-11(8,9)10;;/h4,7H,1-3H2,(H2,8,9,10);;/q;2*+1/p-2. The van der Waals surface area contributed by atoms with Gasteiger partial charge in [0.25, 0.3) is 0 Å². The van der Waals surface area contributed by atoms with Crippen LogP contribution in [0.25, 0.3) is 0 Å². The molecule has 0 unspecified atom stereocenters. The van der Waals surface area contributed by atoms with Gasteiger partial charge in [0.1, 0.15) is 0 Å². The molecule has 0 atom stereocenters. The van der Waals surface area contributed by atoms with E-state index in [0.29, 0.717) is 0 Å². The Labute approximate surface area is 120 Å². The van der Waals surface area contributed by atoms with Crippen molar-refractivity contribution >= 4 is 14.0 Å². The van der Waals surface area contributed by atoms with Crippen molar-refractivity contribution in [3.63, 3.8) is 0 Å². The van der Waals surface area contributed by atoms with Crippen LogP contribution in [0.15, 0.2) is 0 Å². The van der Waals surface area contributed by atoms with Crippen LogP contribution in [0.1, 0.15) is 6.42 Å². The van der Waals surface area contributed by atoms with Crippen LogP contribution in [0.5, 0.6) is 0 Å². The summed E-state index contributed by atoms with van der Waals surface area (Å²) >= 11 is 0. The van der Waals surface area contributed by atoms with Crippen LogP contribution in [0.2, 0.25) is 0 Å². The van der Waals surface area contributed by atoms with E-state index in [-0.39, 0.29) is 83.6 Å². The summed E-state index contributed by atoms with van der Waals surface area (Å²) < 4.78 is 9.98. The zero-order valence-corrected chi connectivity index (χ0v) is 12.6. The number of hydrogen-bond acceptors (Lipinski definition) is 5. The van der Waals surface area contributed by atoms with E-state index < -0.39 is 13.8 Å². The van der Waals surface area contributed by atoms with Gasteiger partial charge in [-0.2, -0.15) is 0 Å². The maximum Gasteiger partial charge on any atom is 1.00 e. The molecule has 0 saturated heterocycles. The zero-order chi connectivity index (χ0) is 8.91. The Kier molecular flexibility index (Phi) is 15.6. The Morgan fingerprint density at radius 2 is 1.85 bits per heavy atom. The molecule has 0 bridgehead atoms. The minimum Gasteiger partial charge on any atom is -0.811 e. The minimum absolute atomic E-state index is 0. The first-order chi connectivity index (χ1) is 4.95. The average Bonchev–Trinajstić information content (AvgIpc) is 1.85. The van der Waals surface area contributed by atoms with E-state index in [0.717, 1.165) is 0 Å². The summed E-state index contributed by atoms with van der Waals surface area (Å²) in [5, 5.41) is 8.71. The maximum absolute atomic E-state index is 9.98. The molecule has 13 heavy (non-hydrogen) atoms. The van der Waals surface area contributed by atoms with E-state index in [2.05, 4.69) is 0 Å². The van der Waals surface area contributed by atoms with Crippen molar-refractivity contribution in [3.8, 4) is 0 Å². The van der Waals surface area contributed by atoms with E-state index in [4.69, 9.17) is 5.21 Å². The molecular formula is C4H8NNa2O5P. The first kappa shape index (κ1) is 20.1. The second-order valence-corrected chi connectivity index (χ2v) is 3.63. The molecule has 0 radical (unpaired) electrons. The molecule has 0 fully saturated rings. The third-order valence-electron chi connectivity index (χ3n) is 0.941. The predicted octanol–water partition coefficient (Wildman–Crippen LogP) is -7.85. The summed E-state index contributed by atoms with van der Waals surface area (Å²) in [5.41, 5.74) is 0. The number of amides is 1. The van der Waals surface area contributed by atoms with Crippen LogP contribution in [0, 0.1) is 0 Å². The van der Waals surface area contributed by atoms with Gasteiger partial charge in [-0.1, -0.05) is 7.60 Å². The van der Waals surface area contributed by atoms with Crippen molar-refractivity contribution in [3.05, 3.63) is 0 Å². The predicted molar refractivity (Wildman–Crippen MR) is 31.6 cm³/mol. The molecule has 0 aromatic heterocycles. The van der Waals surface area contributed by atoms with Crippen LogP contribution >= 0.6 is 7.60 Å². The van der Waals surface area contributed by atoms with Gasteiger partial charge in [-0.25, -0.2) is 5.06 Å². The topological polar surface area (TPSA) is 104 Å². The van der Waals surface area contributed by atoms with Crippen molar-refractivity contribution < 1.29 is 83.5 Å². The van der Waals surface area contributed by atoms with Gasteiger partial charge in [-0.05, 0) is 12.6 Å². The molecule has 0 aliphatic carbocycles. The minimum atomic E-state index is -4.49. The smallest absolute Gasteiger partial charge is 0.811 e. The van der Waals surface area contributed by atoms with Gasteiger partial charge in [0.2, 0.25) is 6.41 Å². The fourth-order valence-corrected chi connectivity index (χ4v) is 1.01. The van der Waals surface area contributed by atoms with Crippen molar-refractivity contribution in [2.75, 3.05) is 12.7 Å². The van der Waals surface area contributed by atoms with Gasteiger partial charge in [0, 0.05) is 6.54 Å². The summed E-state index contributed by atoms with van der Waals surface area (Å²) in [6.45, 7) is -0.141. The van der Waals surface area contributed by atoms with Gasteiger partial charge in [0.15, 0.2) is 0 Å². The number of carbonyl (C=O) groups is 1. The molecule has 0 spiro atoms. The van der Waals surface area contributed by atoms with Gasteiger partial charge in [-0.3, -0.25) is 10.0 Å². The third kappa shape index (κ3) is 16.3. The number of hydroxylamine groups is 2. The summed E-state index contributed by atoms with van der Waals surface area (Å²) in [6.07, 6.45) is -0.446. The monoisotopic (exact) mass is 227 g/mol. The molecule has 0 saturated carbocycles. The maximum atomic E-state index is 9.98. The molecule has 1 N–H and O–H groups in total. The molecular weight excluding hydrogens is 219 g/mol. The van der Waals surface area contributed by atoms with Crippen LogP contribution in [0.3, 0.4) is 0 Å². The van der Waals surface area contributed by atoms with Crippen molar-refractivity contribution in [2.24, 2.45) is 0 Å². The van der Waals surface area contributed by atoms with Crippen LogP contribution < -0.4 is 68.9 Å². The van der Waals surface area contributed by atoms with E-state index in [9.17, 15) is 19.1 Å². The fraction of sp³-hybridized carbons (Fsp3) is 0.750. The Morgan fingerprint density at radius 1 is 1.38 bits per heavy atom. The van der Waals surface area contributed by atoms with Crippen molar-refractivity contribution in [1.82, 2.24) is 5.06 Å². The fourth-order valence-electron chi connectivity index (χ4n) is 0.479. The molecule has 66 valence electrons. The summed E-state index contributed by atoms with van der Waals surface area (Å²) in [7, 11) is -4.49. The SMILES string of the molecule is O=CN(O)CCCP(=O)([O-])[O-].[Na+].[Na+]. The molecule has 0 aliphatic rings. The number of nitrogens with zero attached hydrogens (tertiary/aromatic N) is 1. The number of hydrogen-bond donors (Lipinski definition) is 1. The van der Waals surface area contributed by atoms with Gasteiger partial charge >= 0.3 is 59.1 Å². The van der Waals surface area contributed by atoms with Crippen molar-refractivity contribution in [1.29, 1.82) is 0 Å². The summed E-state index contributed by atoms with van der Waals surface area (Å²) in [6, 6.07) is 0. The van der Waals surface area contributed by atoms with Gasteiger partial charge in [-0.15, -0.1) is 0 Å². The van der Waals surface area contributed by atoms with Crippen LogP contribution in [-0.4, -0.2) is 29.4 Å². The molecule has 0 aliphatic heterocycles. The van der Waals surface area contributed by atoms with E-state index in [1.54, 1.807) is 0 Å². The summed E-state index contributed by atoms with van der Waals surface area (Å²) in [4.78, 5) is 29.7. The van der Waals surface area contributed by atoms with Gasteiger partial charge in [0.05, 0.1) is 0 Å². The molecule has 0 rings (SSSR count). The molecule has 0 aromatic carbocycles. The van der Waals surface area contributed by atoms with Crippen LogP contribution in [-0.2, 0) is 9.36 Å². The first-order valence-electron chi connectivity index (χ1n) is 2.87. The summed E-state index contributed by atoms with van der Waals surface area (Å²) in [5.74, 6) is 0.